The van der Waals surface area contributed by atoms with Crippen molar-refractivity contribution in [1.29, 1.82) is 0 Å². The Kier molecular flexibility index (Phi) is 7.63. The first-order chi connectivity index (χ1) is 8.70. The monoisotopic (exact) mass is 291 g/mol. The quantitative estimate of drug-likeness (QED) is 0.746. The lowest BCUT2D eigenvalue weighted by Crippen LogP contribution is -2.26. The van der Waals surface area contributed by atoms with E-state index in [1.54, 1.807) is 13.2 Å². The van der Waals surface area contributed by atoms with Gasteiger partial charge in [-0.15, -0.1) is 0 Å². The molecule has 3 nitrogen and oxygen atoms in total. The van der Waals surface area contributed by atoms with E-state index in [-0.39, 0.29) is 6.04 Å². The van der Waals surface area contributed by atoms with Crippen molar-refractivity contribution in [2.24, 2.45) is 0 Å². The molecule has 0 heterocycles. The van der Waals surface area contributed by atoms with Crippen LogP contribution in [0.4, 0.5) is 0 Å². The van der Waals surface area contributed by atoms with Gasteiger partial charge in [0.15, 0.2) is 0 Å². The lowest BCUT2D eigenvalue weighted by molar-refractivity contribution is 0.0588. The highest BCUT2D eigenvalue weighted by atomic mass is 35.5. The largest absolute Gasteiger partial charge is 0.382 e. The predicted octanol–water partition coefficient (Wildman–Crippen LogP) is 3.31. The highest BCUT2D eigenvalue weighted by molar-refractivity contribution is 6.42. The fourth-order valence-electron chi connectivity index (χ4n) is 1.64. The van der Waals surface area contributed by atoms with Gasteiger partial charge in [0.2, 0.25) is 0 Å². The number of halogens is 2. The molecule has 0 spiro atoms. The summed E-state index contributed by atoms with van der Waals surface area (Å²) in [6.45, 7) is 4.57. The lowest BCUT2D eigenvalue weighted by atomic mass is 10.1. The summed E-state index contributed by atoms with van der Waals surface area (Å²) in [7, 11) is 1.65. The summed E-state index contributed by atoms with van der Waals surface area (Å²) in [6, 6.07) is 5.67. The van der Waals surface area contributed by atoms with Crippen LogP contribution in [0.15, 0.2) is 18.2 Å². The standard InChI is InChI=1S/C13H19Cl2NO2/c1-3-16-12(9-18-8-7-17-2)10-5-4-6-11(14)13(10)15/h4-6,12,16H,3,7-9H2,1-2H3. The van der Waals surface area contributed by atoms with Crippen LogP contribution in [0.1, 0.15) is 18.5 Å². The van der Waals surface area contributed by atoms with Gasteiger partial charge < -0.3 is 14.8 Å². The van der Waals surface area contributed by atoms with Crippen molar-refractivity contribution in [2.45, 2.75) is 13.0 Å². The maximum Gasteiger partial charge on any atom is 0.0701 e. The van der Waals surface area contributed by atoms with Gasteiger partial charge in [-0.1, -0.05) is 42.3 Å². The second kappa shape index (κ2) is 8.73. The Bertz CT molecular complexity index is 361. The SMILES string of the molecule is CCNC(COCCOC)c1cccc(Cl)c1Cl. The van der Waals surface area contributed by atoms with Gasteiger partial charge in [0, 0.05) is 7.11 Å². The van der Waals surface area contributed by atoms with Crippen molar-refractivity contribution >= 4 is 23.2 Å². The molecular formula is C13H19Cl2NO2. The van der Waals surface area contributed by atoms with Crippen LogP contribution >= 0.6 is 23.2 Å². The van der Waals surface area contributed by atoms with E-state index in [9.17, 15) is 0 Å². The van der Waals surface area contributed by atoms with E-state index >= 15 is 0 Å². The molecule has 0 saturated carbocycles. The molecule has 102 valence electrons. The number of nitrogens with one attached hydrogen (secondary N) is 1. The predicted molar refractivity (Wildman–Crippen MR) is 75.6 cm³/mol. The molecule has 1 aromatic rings. The van der Waals surface area contributed by atoms with E-state index in [0.29, 0.717) is 29.9 Å². The van der Waals surface area contributed by atoms with E-state index in [0.717, 1.165) is 12.1 Å². The van der Waals surface area contributed by atoms with Gasteiger partial charge in [-0.05, 0) is 18.2 Å². The Hall–Kier alpha value is -0.320. The van der Waals surface area contributed by atoms with Crippen LogP contribution < -0.4 is 5.32 Å². The molecule has 18 heavy (non-hydrogen) atoms. The Morgan fingerprint density at radius 2 is 2.06 bits per heavy atom. The summed E-state index contributed by atoms with van der Waals surface area (Å²) < 4.78 is 10.5. The zero-order valence-electron chi connectivity index (χ0n) is 10.7. The number of benzene rings is 1. The van der Waals surface area contributed by atoms with Gasteiger partial charge in [-0.25, -0.2) is 0 Å². The summed E-state index contributed by atoms with van der Waals surface area (Å²) in [5, 5.41) is 4.48. The van der Waals surface area contributed by atoms with Crippen molar-refractivity contribution in [3.8, 4) is 0 Å². The van der Waals surface area contributed by atoms with Crippen molar-refractivity contribution in [3.63, 3.8) is 0 Å². The van der Waals surface area contributed by atoms with Crippen LogP contribution in [0.2, 0.25) is 10.0 Å². The van der Waals surface area contributed by atoms with Crippen molar-refractivity contribution in [3.05, 3.63) is 33.8 Å². The molecule has 0 radical (unpaired) electrons. The summed E-state index contributed by atoms with van der Waals surface area (Å²) in [6.07, 6.45) is 0. The number of hydrogen-bond donors (Lipinski definition) is 1. The van der Waals surface area contributed by atoms with E-state index in [1.165, 1.54) is 0 Å². The summed E-state index contributed by atoms with van der Waals surface area (Å²) >= 11 is 12.2. The lowest BCUT2D eigenvalue weighted by Gasteiger charge is -2.20. The highest BCUT2D eigenvalue weighted by Crippen LogP contribution is 2.30. The third-order valence-corrected chi connectivity index (χ3v) is 3.36. The van der Waals surface area contributed by atoms with E-state index in [1.807, 2.05) is 19.1 Å². The third kappa shape index (κ3) is 4.75. The number of ether oxygens (including phenoxy) is 2. The average molecular weight is 292 g/mol. The van der Waals surface area contributed by atoms with E-state index < -0.39 is 0 Å². The molecular weight excluding hydrogens is 273 g/mol. The van der Waals surface area contributed by atoms with Crippen molar-refractivity contribution in [1.82, 2.24) is 5.32 Å². The molecule has 1 N–H and O–H groups in total. The minimum Gasteiger partial charge on any atom is -0.382 e. The Morgan fingerprint density at radius 3 is 2.72 bits per heavy atom. The highest BCUT2D eigenvalue weighted by Gasteiger charge is 2.15. The molecule has 1 unspecified atom stereocenters. The number of methoxy groups -OCH3 is 1. The minimum atomic E-state index is 0.0399. The molecule has 0 saturated heterocycles. The first-order valence-corrected chi connectivity index (χ1v) is 6.70. The molecule has 1 aromatic carbocycles. The van der Waals surface area contributed by atoms with Gasteiger partial charge in [0.1, 0.15) is 0 Å². The van der Waals surface area contributed by atoms with Crippen LogP contribution in [-0.4, -0.2) is 33.5 Å². The molecule has 1 atom stereocenters. The van der Waals surface area contributed by atoms with Crippen LogP contribution in [-0.2, 0) is 9.47 Å². The first-order valence-electron chi connectivity index (χ1n) is 5.94. The van der Waals surface area contributed by atoms with Crippen LogP contribution in [0.25, 0.3) is 0 Å². The van der Waals surface area contributed by atoms with Crippen molar-refractivity contribution in [2.75, 3.05) is 33.5 Å². The van der Waals surface area contributed by atoms with Gasteiger partial charge in [0.25, 0.3) is 0 Å². The Labute approximate surface area is 118 Å². The van der Waals surface area contributed by atoms with Gasteiger partial charge >= 0.3 is 0 Å². The Morgan fingerprint density at radius 1 is 1.28 bits per heavy atom. The van der Waals surface area contributed by atoms with E-state index in [4.69, 9.17) is 32.7 Å². The smallest absolute Gasteiger partial charge is 0.0701 e. The summed E-state index contributed by atoms with van der Waals surface area (Å²) in [5.41, 5.74) is 0.962. The zero-order chi connectivity index (χ0) is 13.4. The van der Waals surface area contributed by atoms with Crippen molar-refractivity contribution < 1.29 is 9.47 Å². The first kappa shape index (κ1) is 15.7. The number of hydrogen-bond acceptors (Lipinski definition) is 3. The molecule has 0 fully saturated rings. The summed E-state index contributed by atoms with van der Waals surface area (Å²) in [4.78, 5) is 0. The molecule has 5 heteroatoms. The Balaban J connectivity index is 2.68. The van der Waals surface area contributed by atoms with Crippen LogP contribution in [0.3, 0.4) is 0 Å². The topological polar surface area (TPSA) is 30.5 Å². The molecule has 0 bridgehead atoms. The van der Waals surface area contributed by atoms with Gasteiger partial charge in [-0.3, -0.25) is 0 Å². The van der Waals surface area contributed by atoms with E-state index in [2.05, 4.69) is 5.32 Å². The third-order valence-electron chi connectivity index (χ3n) is 2.52. The zero-order valence-corrected chi connectivity index (χ0v) is 12.2. The van der Waals surface area contributed by atoms with Gasteiger partial charge in [-0.2, -0.15) is 0 Å². The fraction of sp³-hybridized carbons (Fsp3) is 0.538. The summed E-state index contributed by atoms with van der Waals surface area (Å²) in [5.74, 6) is 0. The molecule has 0 aromatic heterocycles. The minimum absolute atomic E-state index is 0.0399. The number of likely N-dealkylation sites (N-methyl/N-ethyl adjacent to an activating group) is 1. The normalized spacial score (nSPS) is 12.7. The maximum absolute atomic E-state index is 6.21. The number of rotatable bonds is 8. The molecule has 0 aliphatic rings. The fourth-order valence-corrected chi connectivity index (χ4v) is 2.08. The second-order valence-electron chi connectivity index (χ2n) is 3.82. The molecule has 0 aliphatic carbocycles. The van der Waals surface area contributed by atoms with Gasteiger partial charge in [0.05, 0.1) is 35.9 Å². The van der Waals surface area contributed by atoms with Crippen LogP contribution in [0, 0.1) is 0 Å². The van der Waals surface area contributed by atoms with Crippen LogP contribution in [0.5, 0.6) is 0 Å². The molecule has 0 amide bonds. The average Bonchev–Trinajstić information content (AvgIpc) is 2.37. The molecule has 1 rings (SSSR count). The molecule has 0 aliphatic heterocycles. The second-order valence-corrected chi connectivity index (χ2v) is 4.61. The maximum atomic E-state index is 6.21.